The molecule has 21 heavy (non-hydrogen) atoms. The van der Waals surface area contributed by atoms with Crippen molar-refractivity contribution in [2.75, 3.05) is 11.9 Å². The van der Waals surface area contributed by atoms with Gasteiger partial charge in [-0.25, -0.2) is 0 Å². The molecule has 1 unspecified atom stereocenters. The number of carbonyl (C=O) groups is 1. The number of nitrogens with one attached hydrogen (secondary N) is 2. The lowest BCUT2D eigenvalue weighted by Gasteiger charge is -2.33. The van der Waals surface area contributed by atoms with E-state index in [2.05, 4.69) is 15.6 Å². The van der Waals surface area contributed by atoms with Gasteiger partial charge in [0, 0.05) is 11.1 Å². The van der Waals surface area contributed by atoms with Crippen LogP contribution in [0, 0.1) is 6.92 Å². The van der Waals surface area contributed by atoms with Crippen LogP contribution in [0.3, 0.4) is 0 Å². The van der Waals surface area contributed by atoms with Gasteiger partial charge in [-0.3, -0.25) is 9.78 Å². The van der Waals surface area contributed by atoms with E-state index in [-0.39, 0.29) is 5.91 Å². The van der Waals surface area contributed by atoms with Crippen molar-refractivity contribution in [2.45, 2.75) is 38.6 Å². The van der Waals surface area contributed by atoms with Crippen LogP contribution in [0.15, 0.2) is 30.3 Å². The molecule has 2 heterocycles. The fourth-order valence-corrected chi connectivity index (χ4v) is 2.92. The molecule has 1 aromatic heterocycles. The minimum atomic E-state index is -0.476. The molecule has 1 aliphatic rings. The second kappa shape index (κ2) is 5.45. The summed E-state index contributed by atoms with van der Waals surface area (Å²) in [5, 5.41) is 7.43. The minimum Gasteiger partial charge on any atom is -0.324 e. The number of hydrogen-bond acceptors (Lipinski definition) is 3. The van der Waals surface area contributed by atoms with Crippen molar-refractivity contribution in [3.63, 3.8) is 0 Å². The normalized spacial score (nSPS) is 22.2. The molecule has 1 amide bonds. The predicted molar refractivity (Wildman–Crippen MR) is 85.4 cm³/mol. The van der Waals surface area contributed by atoms with Crippen molar-refractivity contribution >= 4 is 22.5 Å². The molecule has 1 saturated heterocycles. The number of benzene rings is 1. The summed E-state index contributed by atoms with van der Waals surface area (Å²) < 4.78 is 0. The number of anilines is 1. The van der Waals surface area contributed by atoms with E-state index < -0.39 is 5.54 Å². The third-order valence-electron chi connectivity index (χ3n) is 4.21. The molecule has 110 valence electrons. The lowest BCUT2D eigenvalue weighted by Crippen LogP contribution is -2.54. The maximum atomic E-state index is 12.7. The Hall–Kier alpha value is -1.94. The quantitative estimate of drug-likeness (QED) is 0.890. The van der Waals surface area contributed by atoms with Crippen LogP contribution in [0.2, 0.25) is 0 Å². The van der Waals surface area contributed by atoms with Gasteiger partial charge >= 0.3 is 0 Å². The standard InChI is InChI=1S/C17H21N3O/c1-12-11-15(13-7-3-4-8-14(13)19-12)20-16(21)17(2)9-5-6-10-18-17/h3-4,7-8,11,18H,5-6,9-10H2,1-2H3,(H,19,20,21). The second-order valence-corrected chi connectivity index (χ2v) is 6.00. The highest BCUT2D eigenvalue weighted by molar-refractivity contribution is 6.04. The van der Waals surface area contributed by atoms with E-state index in [9.17, 15) is 4.79 Å². The van der Waals surface area contributed by atoms with Crippen LogP contribution in [0.25, 0.3) is 10.9 Å². The van der Waals surface area contributed by atoms with Crippen LogP contribution in [0.4, 0.5) is 5.69 Å². The molecule has 0 radical (unpaired) electrons. The van der Waals surface area contributed by atoms with E-state index in [1.54, 1.807) is 0 Å². The fourth-order valence-electron chi connectivity index (χ4n) is 2.92. The van der Waals surface area contributed by atoms with Gasteiger partial charge in [0.25, 0.3) is 0 Å². The Balaban J connectivity index is 1.92. The summed E-state index contributed by atoms with van der Waals surface area (Å²) >= 11 is 0. The smallest absolute Gasteiger partial charge is 0.244 e. The van der Waals surface area contributed by atoms with E-state index >= 15 is 0 Å². The summed E-state index contributed by atoms with van der Waals surface area (Å²) in [6.07, 6.45) is 3.11. The first-order valence-electron chi connectivity index (χ1n) is 7.51. The van der Waals surface area contributed by atoms with Crippen molar-refractivity contribution in [1.82, 2.24) is 10.3 Å². The molecule has 2 aromatic rings. The summed E-state index contributed by atoms with van der Waals surface area (Å²) in [5.41, 5.74) is 2.19. The van der Waals surface area contributed by atoms with Crippen molar-refractivity contribution in [3.05, 3.63) is 36.0 Å². The van der Waals surface area contributed by atoms with E-state index in [0.29, 0.717) is 0 Å². The number of nitrogens with zero attached hydrogens (tertiary/aromatic N) is 1. The number of para-hydroxylation sites is 1. The van der Waals surface area contributed by atoms with E-state index in [1.165, 1.54) is 0 Å². The molecule has 0 bridgehead atoms. The third-order valence-corrected chi connectivity index (χ3v) is 4.21. The monoisotopic (exact) mass is 283 g/mol. The average molecular weight is 283 g/mol. The molecular weight excluding hydrogens is 262 g/mol. The molecule has 4 nitrogen and oxygen atoms in total. The molecule has 1 aromatic carbocycles. The number of rotatable bonds is 2. The third kappa shape index (κ3) is 2.76. The van der Waals surface area contributed by atoms with Gasteiger partial charge in [0.15, 0.2) is 0 Å². The molecule has 3 rings (SSSR count). The van der Waals surface area contributed by atoms with E-state index in [0.717, 1.165) is 48.1 Å². The lowest BCUT2D eigenvalue weighted by atomic mass is 9.90. The first kappa shape index (κ1) is 14.0. The average Bonchev–Trinajstić information content (AvgIpc) is 2.47. The topological polar surface area (TPSA) is 54.0 Å². The van der Waals surface area contributed by atoms with Crippen molar-refractivity contribution < 1.29 is 4.79 Å². The highest BCUT2D eigenvalue weighted by atomic mass is 16.2. The zero-order valence-electron chi connectivity index (χ0n) is 12.6. The van der Waals surface area contributed by atoms with Crippen LogP contribution in [0.1, 0.15) is 31.9 Å². The molecule has 0 spiro atoms. The van der Waals surface area contributed by atoms with Gasteiger partial charge < -0.3 is 10.6 Å². The first-order valence-corrected chi connectivity index (χ1v) is 7.51. The SMILES string of the molecule is Cc1cc(NC(=O)C2(C)CCCCN2)c2ccccc2n1. The zero-order valence-corrected chi connectivity index (χ0v) is 12.6. The van der Waals surface area contributed by atoms with Gasteiger partial charge in [-0.2, -0.15) is 0 Å². The predicted octanol–water partition coefficient (Wildman–Crippen LogP) is 3.01. The zero-order chi connectivity index (χ0) is 14.9. The Bertz CT molecular complexity index is 675. The van der Waals surface area contributed by atoms with E-state index in [4.69, 9.17) is 0 Å². The van der Waals surface area contributed by atoms with E-state index in [1.807, 2.05) is 44.2 Å². The first-order chi connectivity index (χ1) is 10.1. The molecule has 1 atom stereocenters. The van der Waals surface area contributed by atoms with Crippen LogP contribution in [0.5, 0.6) is 0 Å². The number of amides is 1. The summed E-state index contributed by atoms with van der Waals surface area (Å²) in [7, 11) is 0. The summed E-state index contributed by atoms with van der Waals surface area (Å²) in [5.74, 6) is 0.0398. The Morgan fingerprint density at radius 2 is 2.14 bits per heavy atom. The van der Waals surface area contributed by atoms with Gasteiger partial charge in [0.05, 0.1) is 16.7 Å². The maximum Gasteiger partial charge on any atom is 0.244 e. The molecule has 0 aliphatic carbocycles. The summed E-state index contributed by atoms with van der Waals surface area (Å²) in [6.45, 7) is 4.83. The number of piperidine rings is 1. The molecule has 1 aliphatic heterocycles. The number of carbonyl (C=O) groups excluding carboxylic acids is 1. The Kier molecular flexibility index (Phi) is 3.64. The Morgan fingerprint density at radius 3 is 2.90 bits per heavy atom. The molecular formula is C17H21N3O. The fraction of sp³-hybridized carbons (Fsp3) is 0.412. The van der Waals surface area contributed by atoms with Gasteiger partial charge in [0.2, 0.25) is 5.91 Å². The minimum absolute atomic E-state index is 0.0398. The molecule has 0 saturated carbocycles. The van der Waals surface area contributed by atoms with Gasteiger partial charge in [-0.1, -0.05) is 18.2 Å². The van der Waals surface area contributed by atoms with Crippen molar-refractivity contribution in [2.24, 2.45) is 0 Å². The van der Waals surface area contributed by atoms with Crippen molar-refractivity contribution in [3.8, 4) is 0 Å². The number of aromatic nitrogens is 1. The largest absolute Gasteiger partial charge is 0.324 e. The number of aryl methyl sites for hydroxylation is 1. The van der Waals surface area contributed by atoms with Gasteiger partial charge in [0.1, 0.15) is 0 Å². The van der Waals surface area contributed by atoms with Crippen LogP contribution < -0.4 is 10.6 Å². The van der Waals surface area contributed by atoms with Crippen molar-refractivity contribution in [1.29, 1.82) is 0 Å². The molecule has 4 heteroatoms. The Morgan fingerprint density at radius 1 is 1.33 bits per heavy atom. The number of pyridine rings is 1. The highest BCUT2D eigenvalue weighted by Gasteiger charge is 2.34. The molecule has 2 N–H and O–H groups in total. The Labute approximate surface area is 125 Å². The van der Waals surface area contributed by atoms with Crippen LogP contribution in [-0.4, -0.2) is 23.0 Å². The second-order valence-electron chi connectivity index (χ2n) is 6.00. The number of hydrogen-bond donors (Lipinski definition) is 2. The molecule has 1 fully saturated rings. The summed E-state index contributed by atoms with van der Waals surface area (Å²) in [4.78, 5) is 17.2. The van der Waals surface area contributed by atoms with Crippen LogP contribution >= 0.6 is 0 Å². The maximum absolute atomic E-state index is 12.7. The summed E-state index contributed by atoms with van der Waals surface area (Å²) in [6, 6.07) is 9.83. The van der Waals surface area contributed by atoms with Gasteiger partial charge in [-0.15, -0.1) is 0 Å². The lowest BCUT2D eigenvalue weighted by molar-refractivity contribution is -0.122. The highest BCUT2D eigenvalue weighted by Crippen LogP contribution is 2.26. The van der Waals surface area contributed by atoms with Crippen LogP contribution in [-0.2, 0) is 4.79 Å². The van der Waals surface area contributed by atoms with Gasteiger partial charge in [-0.05, 0) is 51.8 Å². The number of fused-ring (bicyclic) bond motifs is 1.